The van der Waals surface area contributed by atoms with Crippen LogP contribution in [0.4, 0.5) is 4.79 Å². The summed E-state index contributed by atoms with van der Waals surface area (Å²) < 4.78 is 5.34. The lowest BCUT2D eigenvalue weighted by Crippen LogP contribution is -2.58. The predicted octanol–water partition coefficient (Wildman–Crippen LogP) is 4.94. The number of carbonyl (C=O) groups excluding carboxylic acids is 3. The predicted molar refractivity (Wildman–Crippen MR) is 168 cm³/mol. The normalized spacial score (nSPS) is 16.1. The summed E-state index contributed by atoms with van der Waals surface area (Å²) >= 11 is 1.42. The maximum absolute atomic E-state index is 13.6. The van der Waals surface area contributed by atoms with E-state index in [1.165, 1.54) is 11.8 Å². The summed E-state index contributed by atoms with van der Waals surface area (Å²) in [4.78, 5) is 41.5. The maximum Gasteiger partial charge on any atom is 0.408 e. The van der Waals surface area contributed by atoms with E-state index in [4.69, 9.17) is 4.74 Å². The molecule has 3 N–H and O–H groups in total. The molecule has 0 bridgehead atoms. The number of benzene rings is 2. The number of alkyl carbamates (subject to hydrolysis) is 1. The molecule has 42 heavy (non-hydrogen) atoms. The Labute approximate surface area is 255 Å². The molecule has 9 heteroatoms. The number of nitrogens with zero attached hydrogens (tertiary/aromatic N) is 1. The molecule has 0 spiro atoms. The largest absolute Gasteiger partial charge is 0.445 e. The van der Waals surface area contributed by atoms with Gasteiger partial charge < -0.3 is 25.4 Å². The number of thioether (sulfide) groups is 1. The lowest BCUT2D eigenvalue weighted by molar-refractivity contribution is -0.143. The van der Waals surface area contributed by atoms with Crippen molar-refractivity contribution in [3.05, 3.63) is 71.8 Å². The van der Waals surface area contributed by atoms with Crippen LogP contribution in [-0.4, -0.2) is 70.2 Å². The average Bonchev–Trinajstić information content (AvgIpc) is 2.98. The van der Waals surface area contributed by atoms with Crippen molar-refractivity contribution in [3.8, 4) is 0 Å². The Morgan fingerprint density at radius 2 is 1.55 bits per heavy atom. The van der Waals surface area contributed by atoms with Gasteiger partial charge in [0.1, 0.15) is 12.6 Å². The first kappa shape index (κ1) is 33.5. The summed E-state index contributed by atoms with van der Waals surface area (Å²) in [7, 11) is 0. The van der Waals surface area contributed by atoms with Crippen molar-refractivity contribution in [1.29, 1.82) is 0 Å². The molecule has 0 saturated heterocycles. The number of hydrogen-bond donors (Lipinski definition) is 3. The van der Waals surface area contributed by atoms with Gasteiger partial charge >= 0.3 is 6.09 Å². The van der Waals surface area contributed by atoms with E-state index in [1.54, 1.807) is 4.90 Å². The Morgan fingerprint density at radius 1 is 0.952 bits per heavy atom. The fraction of sp³-hybridized carbons (Fsp3) is 0.545. The Bertz CT molecular complexity index is 1120. The molecule has 0 aliphatic heterocycles. The SMILES string of the molecule is CSC[C@H](NC(=O)OCc1ccccc1)C(=O)N[C@@H](Cc1ccccc1)[C@H](O)CN(C(=O)C1CCCCC1)C(C)(C)C. The molecule has 1 aliphatic rings. The van der Waals surface area contributed by atoms with Crippen LogP contribution in [0.25, 0.3) is 0 Å². The van der Waals surface area contributed by atoms with Gasteiger partial charge in [-0.15, -0.1) is 0 Å². The van der Waals surface area contributed by atoms with Crippen molar-refractivity contribution in [2.45, 2.75) is 89.6 Å². The summed E-state index contributed by atoms with van der Waals surface area (Å²) in [6.07, 6.45) is 5.48. The fourth-order valence-corrected chi connectivity index (χ4v) is 5.84. The zero-order chi connectivity index (χ0) is 30.5. The second kappa shape index (κ2) is 16.6. The van der Waals surface area contributed by atoms with Crippen molar-refractivity contribution in [2.24, 2.45) is 5.92 Å². The second-order valence-electron chi connectivity index (χ2n) is 12.0. The molecule has 230 valence electrons. The first-order valence-electron chi connectivity index (χ1n) is 14.9. The molecule has 0 radical (unpaired) electrons. The number of rotatable bonds is 13. The van der Waals surface area contributed by atoms with Crippen LogP contribution in [-0.2, 0) is 27.4 Å². The number of aliphatic hydroxyl groups is 1. The molecule has 8 nitrogen and oxygen atoms in total. The molecule has 3 rings (SSSR count). The van der Waals surface area contributed by atoms with E-state index < -0.39 is 35.7 Å². The third kappa shape index (κ3) is 10.7. The molecule has 1 aliphatic carbocycles. The highest BCUT2D eigenvalue weighted by atomic mass is 32.2. The summed E-state index contributed by atoms with van der Waals surface area (Å²) in [6, 6.07) is 17.4. The van der Waals surface area contributed by atoms with Gasteiger partial charge in [-0.1, -0.05) is 79.9 Å². The topological polar surface area (TPSA) is 108 Å². The number of aliphatic hydroxyl groups excluding tert-OH is 1. The standard InChI is InChI=1S/C33H47N3O5S/c1-33(2,3)36(31(39)26-18-12-7-13-19-26)21-29(37)27(20-24-14-8-5-9-15-24)34-30(38)28(23-42-4)35-32(40)41-22-25-16-10-6-11-17-25/h5-6,8-11,14-17,26-29,37H,7,12-13,18-23H2,1-4H3,(H,34,38)(H,35,40)/t27-,28-,29+/m0/s1. The number of hydrogen-bond acceptors (Lipinski definition) is 6. The second-order valence-corrected chi connectivity index (χ2v) is 13.0. The molecule has 2 aromatic carbocycles. The molecule has 0 unspecified atom stereocenters. The summed E-state index contributed by atoms with van der Waals surface area (Å²) in [6.45, 7) is 6.11. The average molecular weight is 598 g/mol. The minimum absolute atomic E-state index is 0.0376. The number of amides is 3. The monoisotopic (exact) mass is 597 g/mol. The van der Waals surface area contributed by atoms with E-state index in [2.05, 4.69) is 10.6 Å². The van der Waals surface area contributed by atoms with Crippen molar-refractivity contribution >= 4 is 29.7 Å². The van der Waals surface area contributed by atoms with Crippen LogP contribution < -0.4 is 10.6 Å². The lowest BCUT2D eigenvalue weighted by Gasteiger charge is -2.41. The van der Waals surface area contributed by atoms with E-state index in [0.29, 0.717) is 12.2 Å². The van der Waals surface area contributed by atoms with Crippen LogP contribution in [0.1, 0.15) is 64.0 Å². The lowest BCUT2D eigenvalue weighted by atomic mass is 9.86. The summed E-state index contributed by atoms with van der Waals surface area (Å²) in [5, 5.41) is 17.3. The number of ether oxygens (including phenoxy) is 1. The van der Waals surface area contributed by atoms with Crippen molar-refractivity contribution in [3.63, 3.8) is 0 Å². The molecule has 3 atom stereocenters. The van der Waals surface area contributed by atoms with Crippen molar-refractivity contribution < 1.29 is 24.2 Å². The van der Waals surface area contributed by atoms with E-state index in [9.17, 15) is 19.5 Å². The molecule has 1 saturated carbocycles. The van der Waals surface area contributed by atoms with Gasteiger partial charge in [-0.3, -0.25) is 9.59 Å². The molecular weight excluding hydrogens is 550 g/mol. The third-order valence-electron chi connectivity index (χ3n) is 7.65. The van der Waals surface area contributed by atoms with Gasteiger partial charge in [0.15, 0.2) is 0 Å². The Balaban J connectivity index is 1.73. The van der Waals surface area contributed by atoms with Crippen LogP contribution in [0, 0.1) is 5.92 Å². The third-order valence-corrected chi connectivity index (χ3v) is 8.31. The van der Waals surface area contributed by atoms with E-state index >= 15 is 0 Å². The van der Waals surface area contributed by atoms with Gasteiger partial charge in [-0.25, -0.2) is 4.79 Å². The quantitative estimate of drug-likeness (QED) is 0.302. The summed E-state index contributed by atoms with van der Waals surface area (Å²) in [5.41, 5.74) is 1.29. The van der Waals surface area contributed by atoms with Gasteiger partial charge in [0, 0.05) is 23.8 Å². The van der Waals surface area contributed by atoms with Crippen LogP contribution in [0.5, 0.6) is 0 Å². The van der Waals surface area contributed by atoms with E-state index in [0.717, 1.165) is 43.2 Å². The molecule has 2 aromatic rings. The number of carbonyl (C=O) groups is 3. The highest BCUT2D eigenvalue weighted by Gasteiger charge is 2.36. The molecule has 0 aromatic heterocycles. The highest BCUT2D eigenvalue weighted by molar-refractivity contribution is 7.98. The first-order chi connectivity index (χ1) is 20.1. The maximum atomic E-state index is 13.6. The smallest absolute Gasteiger partial charge is 0.408 e. The first-order valence-corrected chi connectivity index (χ1v) is 16.3. The molecule has 1 fully saturated rings. The minimum Gasteiger partial charge on any atom is -0.445 e. The molecule has 3 amide bonds. The van der Waals surface area contributed by atoms with Crippen LogP contribution >= 0.6 is 11.8 Å². The van der Waals surface area contributed by atoms with Gasteiger partial charge in [0.05, 0.1) is 12.1 Å². The van der Waals surface area contributed by atoms with Crippen LogP contribution in [0.15, 0.2) is 60.7 Å². The van der Waals surface area contributed by atoms with Gasteiger partial charge in [0.2, 0.25) is 11.8 Å². The Kier molecular flexibility index (Phi) is 13.2. The summed E-state index contributed by atoms with van der Waals surface area (Å²) in [5.74, 6) is -0.0604. The van der Waals surface area contributed by atoms with E-state index in [-0.39, 0.29) is 25.0 Å². The van der Waals surface area contributed by atoms with Crippen molar-refractivity contribution in [1.82, 2.24) is 15.5 Å². The Hall–Kier alpha value is -3.04. The molecule has 0 heterocycles. The fourth-order valence-electron chi connectivity index (χ4n) is 5.27. The van der Waals surface area contributed by atoms with Gasteiger partial charge in [-0.05, 0) is 57.4 Å². The van der Waals surface area contributed by atoms with E-state index in [1.807, 2.05) is 87.7 Å². The molecular formula is C33H47N3O5S. The number of nitrogens with one attached hydrogen (secondary N) is 2. The Morgan fingerprint density at radius 3 is 2.12 bits per heavy atom. The minimum atomic E-state index is -1.03. The van der Waals surface area contributed by atoms with Crippen LogP contribution in [0.3, 0.4) is 0 Å². The zero-order valence-electron chi connectivity index (χ0n) is 25.4. The van der Waals surface area contributed by atoms with Crippen molar-refractivity contribution in [2.75, 3.05) is 18.6 Å². The van der Waals surface area contributed by atoms with Gasteiger partial charge in [0.25, 0.3) is 0 Å². The van der Waals surface area contributed by atoms with Gasteiger partial charge in [-0.2, -0.15) is 11.8 Å². The number of β-amino-alcohol motifs (C(OH)–C–C–N with tert-alkyl or cyclic N) is 1. The van der Waals surface area contributed by atoms with Crippen LogP contribution in [0.2, 0.25) is 0 Å². The zero-order valence-corrected chi connectivity index (χ0v) is 26.2. The highest BCUT2D eigenvalue weighted by Crippen LogP contribution is 2.28.